The van der Waals surface area contributed by atoms with Gasteiger partial charge >= 0.3 is 0 Å². The standard InChI is InChI=1S/C19H26ClN3O3S/c1-11(2)22-27(25,26)18-8-14(5-6-17(18)20)19(24)21-23-9-15-12-3-4-13(7-12)16(15)10-23/h5-6,8,11-13,15-16,22H,3-4,7,9-10H2,1-2H3,(H,21,24). The van der Waals surface area contributed by atoms with Gasteiger partial charge in [-0.2, -0.15) is 0 Å². The molecule has 6 nitrogen and oxygen atoms in total. The van der Waals surface area contributed by atoms with Crippen molar-refractivity contribution in [2.75, 3.05) is 13.1 Å². The Morgan fingerprint density at radius 3 is 2.41 bits per heavy atom. The van der Waals surface area contributed by atoms with E-state index >= 15 is 0 Å². The zero-order valence-electron chi connectivity index (χ0n) is 15.6. The van der Waals surface area contributed by atoms with Crippen molar-refractivity contribution in [2.45, 2.75) is 44.0 Å². The smallest absolute Gasteiger partial charge is 0.265 e. The second kappa shape index (κ2) is 7.03. The molecule has 2 saturated carbocycles. The first-order chi connectivity index (χ1) is 12.7. The maximum absolute atomic E-state index is 12.7. The number of nitrogens with zero attached hydrogens (tertiary/aromatic N) is 1. The molecule has 148 valence electrons. The fraction of sp³-hybridized carbons (Fsp3) is 0.632. The van der Waals surface area contributed by atoms with Crippen LogP contribution in [0.4, 0.5) is 0 Å². The topological polar surface area (TPSA) is 78.5 Å². The van der Waals surface area contributed by atoms with Gasteiger partial charge in [0.05, 0.1) is 5.02 Å². The Labute approximate surface area is 165 Å². The van der Waals surface area contributed by atoms with Gasteiger partial charge in [-0.15, -0.1) is 0 Å². The Hall–Kier alpha value is -1.15. The van der Waals surface area contributed by atoms with Crippen molar-refractivity contribution < 1.29 is 13.2 Å². The molecular weight excluding hydrogens is 386 g/mol. The number of fused-ring (bicyclic) bond motifs is 5. The summed E-state index contributed by atoms with van der Waals surface area (Å²) in [5.74, 6) is 2.73. The minimum absolute atomic E-state index is 0.0677. The fourth-order valence-electron chi connectivity index (χ4n) is 5.21. The number of hydrogen-bond acceptors (Lipinski definition) is 4. The van der Waals surface area contributed by atoms with Crippen molar-refractivity contribution in [3.63, 3.8) is 0 Å². The Morgan fingerprint density at radius 2 is 1.81 bits per heavy atom. The first kappa shape index (κ1) is 19.2. The second-order valence-corrected chi connectivity index (χ2v) is 10.5. The molecule has 1 aromatic carbocycles. The van der Waals surface area contributed by atoms with Crippen LogP contribution in [-0.2, 0) is 10.0 Å². The third-order valence-corrected chi connectivity index (χ3v) is 8.41. The molecule has 27 heavy (non-hydrogen) atoms. The lowest BCUT2D eigenvalue weighted by Gasteiger charge is -2.22. The van der Waals surface area contributed by atoms with Gasteiger partial charge in [0.15, 0.2) is 0 Å². The van der Waals surface area contributed by atoms with Crippen LogP contribution < -0.4 is 10.1 Å². The molecule has 0 aromatic heterocycles. The summed E-state index contributed by atoms with van der Waals surface area (Å²) in [5, 5.41) is 2.11. The first-order valence-electron chi connectivity index (χ1n) is 9.62. The number of hydrogen-bond donors (Lipinski definition) is 2. The minimum atomic E-state index is -3.77. The number of rotatable bonds is 5. The summed E-state index contributed by atoms with van der Waals surface area (Å²) in [4.78, 5) is 12.6. The van der Waals surface area contributed by atoms with Crippen LogP contribution >= 0.6 is 11.6 Å². The molecule has 4 rings (SSSR count). The van der Waals surface area contributed by atoms with E-state index in [-0.39, 0.29) is 21.9 Å². The van der Waals surface area contributed by atoms with Crippen LogP contribution in [0.2, 0.25) is 5.02 Å². The lowest BCUT2D eigenvalue weighted by Crippen LogP contribution is -2.41. The normalized spacial score (nSPS) is 30.1. The maximum atomic E-state index is 12.7. The summed E-state index contributed by atoms with van der Waals surface area (Å²) in [6, 6.07) is 4.11. The maximum Gasteiger partial charge on any atom is 0.265 e. The number of halogens is 1. The van der Waals surface area contributed by atoms with Gasteiger partial charge in [0.2, 0.25) is 10.0 Å². The van der Waals surface area contributed by atoms with Gasteiger partial charge in [0.1, 0.15) is 4.90 Å². The Morgan fingerprint density at radius 1 is 1.19 bits per heavy atom. The predicted molar refractivity (Wildman–Crippen MR) is 104 cm³/mol. The van der Waals surface area contributed by atoms with E-state index in [1.54, 1.807) is 19.9 Å². The molecule has 2 N–H and O–H groups in total. The molecule has 1 aromatic rings. The molecule has 0 radical (unpaired) electrons. The number of carbonyl (C=O) groups is 1. The Kier molecular flexibility index (Phi) is 4.99. The molecule has 8 heteroatoms. The molecule has 1 saturated heterocycles. The summed E-state index contributed by atoms with van der Waals surface area (Å²) >= 11 is 6.08. The van der Waals surface area contributed by atoms with Crippen LogP contribution in [0.15, 0.2) is 23.1 Å². The fourth-order valence-corrected chi connectivity index (χ4v) is 6.98. The van der Waals surface area contributed by atoms with E-state index < -0.39 is 10.0 Å². The van der Waals surface area contributed by atoms with Crippen LogP contribution in [0.25, 0.3) is 0 Å². The van der Waals surface area contributed by atoms with E-state index in [1.807, 2.05) is 5.01 Å². The van der Waals surface area contributed by atoms with E-state index in [9.17, 15) is 13.2 Å². The molecule has 4 unspecified atom stereocenters. The van der Waals surface area contributed by atoms with Gasteiger partial charge in [0, 0.05) is 24.7 Å². The highest BCUT2D eigenvalue weighted by Crippen LogP contribution is 2.54. The number of hydrazine groups is 1. The van der Waals surface area contributed by atoms with Crippen molar-refractivity contribution in [3.8, 4) is 0 Å². The van der Waals surface area contributed by atoms with E-state index in [1.165, 1.54) is 31.4 Å². The first-order valence-corrected chi connectivity index (χ1v) is 11.5. The lowest BCUT2D eigenvalue weighted by molar-refractivity contribution is 0.0809. The molecule has 1 aliphatic heterocycles. The van der Waals surface area contributed by atoms with Crippen molar-refractivity contribution in [3.05, 3.63) is 28.8 Å². The van der Waals surface area contributed by atoms with Gasteiger partial charge in [-0.25, -0.2) is 18.1 Å². The Bertz CT molecular complexity index is 840. The van der Waals surface area contributed by atoms with Crippen LogP contribution in [0.5, 0.6) is 0 Å². The average Bonchev–Trinajstić information content (AvgIpc) is 3.26. The molecule has 3 aliphatic rings. The Balaban J connectivity index is 1.47. The number of nitrogens with one attached hydrogen (secondary N) is 2. The molecule has 2 bridgehead atoms. The second-order valence-electron chi connectivity index (χ2n) is 8.43. The van der Waals surface area contributed by atoms with E-state index in [2.05, 4.69) is 10.1 Å². The van der Waals surface area contributed by atoms with Crippen molar-refractivity contribution in [1.29, 1.82) is 0 Å². The van der Waals surface area contributed by atoms with E-state index in [4.69, 9.17) is 11.6 Å². The lowest BCUT2D eigenvalue weighted by atomic mass is 9.82. The highest BCUT2D eigenvalue weighted by atomic mass is 35.5. The van der Waals surface area contributed by atoms with Gasteiger partial charge in [0.25, 0.3) is 5.91 Å². The zero-order chi connectivity index (χ0) is 19.3. The van der Waals surface area contributed by atoms with Crippen molar-refractivity contribution >= 4 is 27.5 Å². The van der Waals surface area contributed by atoms with Crippen molar-refractivity contribution in [2.24, 2.45) is 23.7 Å². The monoisotopic (exact) mass is 411 g/mol. The third-order valence-electron chi connectivity index (χ3n) is 6.27. The van der Waals surface area contributed by atoms with Crippen LogP contribution in [0, 0.1) is 23.7 Å². The summed E-state index contributed by atoms with van der Waals surface area (Å²) in [6.07, 6.45) is 4.02. The number of carbonyl (C=O) groups excluding carboxylic acids is 1. The number of benzene rings is 1. The van der Waals surface area contributed by atoms with Crippen LogP contribution in [0.1, 0.15) is 43.5 Å². The van der Waals surface area contributed by atoms with Gasteiger partial charge in [-0.1, -0.05) is 11.6 Å². The molecule has 3 fully saturated rings. The van der Waals surface area contributed by atoms with E-state index in [0.29, 0.717) is 17.4 Å². The van der Waals surface area contributed by atoms with E-state index in [0.717, 1.165) is 24.9 Å². The molecule has 1 heterocycles. The molecule has 1 amide bonds. The molecular formula is C19H26ClN3O3S. The number of sulfonamides is 1. The minimum Gasteiger partial charge on any atom is -0.285 e. The summed E-state index contributed by atoms with van der Waals surface area (Å²) in [7, 11) is -3.77. The molecule has 0 spiro atoms. The predicted octanol–water partition coefficient (Wildman–Crippen LogP) is 2.65. The van der Waals surface area contributed by atoms with Gasteiger partial charge in [-0.05, 0) is 75.0 Å². The average molecular weight is 412 g/mol. The van der Waals surface area contributed by atoms with Crippen molar-refractivity contribution in [1.82, 2.24) is 15.2 Å². The highest BCUT2D eigenvalue weighted by Gasteiger charge is 2.51. The highest BCUT2D eigenvalue weighted by molar-refractivity contribution is 7.89. The number of amides is 1. The van der Waals surface area contributed by atoms with Gasteiger partial charge < -0.3 is 0 Å². The SMILES string of the molecule is CC(C)NS(=O)(=O)c1cc(C(=O)NN2CC3C4CCC(C4)C3C2)ccc1Cl. The van der Waals surface area contributed by atoms with Gasteiger partial charge in [-0.3, -0.25) is 10.2 Å². The largest absolute Gasteiger partial charge is 0.285 e. The summed E-state index contributed by atoms with van der Waals surface area (Å²) in [5.41, 5.74) is 3.26. The van der Waals surface area contributed by atoms with Crippen LogP contribution in [0.3, 0.4) is 0 Å². The summed E-state index contributed by atoms with van der Waals surface area (Å²) in [6.45, 7) is 5.26. The third kappa shape index (κ3) is 3.62. The quantitative estimate of drug-likeness (QED) is 0.780. The molecule has 4 atom stereocenters. The summed E-state index contributed by atoms with van der Waals surface area (Å²) < 4.78 is 27.4. The zero-order valence-corrected chi connectivity index (χ0v) is 17.2. The molecule has 2 aliphatic carbocycles. The van der Waals surface area contributed by atoms with Crippen LogP contribution in [-0.4, -0.2) is 38.5 Å².